The highest BCUT2D eigenvalue weighted by atomic mass is 32.1. The van der Waals surface area contributed by atoms with Gasteiger partial charge in [0, 0.05) is 25.0 Å². The molecule has 1 unspecified atom stereocenters. The first kappa shape index (κ1) is 16.0. The highest BCUT2D eigenvalue weighted by Gasteiger charge is 2.26. The Kier molecular flexibility index (Phi) is 4.42. The van der Waals surface area contributed by atoms with E-state index in [-0.39, 0.29) is 5.41 Å². The molecule has 0 radical (unpaired) electrons. The summed E-state index contributed by atoms with van der Waals surface area (Å²) in [6.07, 6.45) is 1.04. The molecular weight excluding hydrogens is 280 g/mol. The molecule has 0 amide bonds. The normalized spacial score (nSPS) is 13.5. The van der Waals surface area contributed by atoms with Crippen LogP contribution in [-0.2, 0) is 6.42 Å². The van der Waals surface area contributed by atoms with Crippen LogP contribution >= 0.6 is 11.3 Å². The zero-order chi connectivity index (χ0) is 15.8. The number of fused-ring (bicyclic) bond motifs is 1. The van der Waals surface area contributed by atoms with Gasteiger partial charge in [-0.25, -0.2) is 4.98 Å². The molecular formula is C16H26N4S. The molecule has 2 heterocycles. The van der Waals surface area contributed by atoms with Gasteiger partial charge in [-0.15, -0.1) is 11.3 Å². The summed E-state index contributed by atoms with van der Waals surface area (Å²) in [7, 11) is 3.99. The fourth-order valence-corrected chi connectivity index (χ4v) is 3.24. The maximum absolute atomic E-state index is 4.71. The summed E-state index contributed by atoms with van der Waals surface area (Å²) < 4.78 is 0. The van der Waals surface area contributed by atoms with E-state index in [0.29, 0.717) is 12.0 Å². The molecule has 0 spiro atoms. The maximum Gasteiger partial charge on any atom is 0.225 e. The standard InChI is InChI=1S/C16H26N4S/c1-8-11-9-12-13(20(7)10(2)16(3,4)5)18-15(17-6)19-14(12)21-11/h9-10H,8H2,1-7H3,(H,17,18,19). The topological polar surface area (TPSA) is 41.1 Å². The van der Waals surface area contributed by atoms with Crippen molar-refractivity contribution in [1.29, 1.82) is 0 Å². The summed E-state index contributed by atoms with van der Waals surface area (Å²) >= 11 is 1.76. The number of thiophene rings is 1. The molecule has 1 N–H and O–H groups in total. The SMILES string of the molecule is CCc1cc2c(N(C)C(C)C(C)(C)C)nc(NC)nc2s1. The largest absolute Gasteiger partial charge is 0.357 e. The minimum atomic E-state index is 0.190. The predicted octanol–water partition coefficient (Wildman–Crippen LogP) is 4.17. The third-order valence-corrected chi connectivity index (χ3v) is 5.34. The number of hydrogen-bond donors (Lipinski definition) is 1. The Morgan fingerprint density at radius 3 is 2.52 bits per heavy atom. The van der Waals surface area contributed by atoms with Crippen LogP contribution < -0.4 is 10.2 Å². The number of aromatic nitrogens is 2. The number of anilines is 2. The predicted molar refractivity (Wildman–Crippen MR) is 93.7 cm³/mol. The maximum atomic E-state index is 4.71. The smallest absolute Gasteiger partial charge is 0.225 e. The molecule has 116 valence electrons. The van der Waals surface area contributed by atoms with Gasteiger partial charge in [-0.2, -0.15) is 4.98 Å². The van der Waals surface area contributed by atoms with Crippen LogP contribution in [0.1, 0.15) is 39.5 Å². The van der Waals surface area contributed by atoms with E-state index in [2.05, 4.69) is 62.9 Å². The van der Waals surface area contributed by atoms with Crippen molar-refractivity contribution in [2.24, 2.45) is 5.41 Å². The lowest BCUT2D eigenvalue weighted by molar-refractivity contribution is 0.329. The molecule has 0 bridgehead atoms. The molecule has 0 aliphatic carbocycles. The number of rotatable bonds is 4. The Hall–Kier alpha value is -1.36. The van der Waals surface area contributed by atoms with E-state index in [1.165, 1.54) is 4.88 Å². The Morgan fingerprint density at radius 2 is 2.00 bits per heavy atom. The Bertz CT molecular complexity index is 627. The van der Waals surface area contributed by atoms with Crippen LogP contribution in [0.3, 0.4) is 0 Å². The summed E-state index contributed by atoms with van der Waals surface area (Å²) in [5, 5.41) is 4.24. The minimum absolute atomic E-state index is 0.190. The number of hydrogen-bond acceptors (Lipinski definition) is 5. The third kappa shape index (κ3) is 3.12. The van der Waals surface area contributed by atoms with Crippen molar-refractivity contribution >= 4 is 33.3 Å². The highest BCUT2D eigenvalue weighted by Crippen LogP contribution is 2.35. The van der Waals surface area contributed by atoms with Crippen LogP contribution in [0.15, 0.2) is 6.07 Å². The van der Waals surface area contributed by atoms with Crippen molar-refractivity contribution in [2.45, 2.75) is 47.1 Å². The van der Waals surface area contributed by atoms with Gasteiger partial charge in [0.1, 0.15) is 10.6 Å². The Morgan fingerprint density at radius 1 is 1.33 bits per heavy atom. The Labute approximate surface area is 131 Å². The second-order valence-electron chi connectivity index (χ2n) is 6.56. The summed E-state index contributed by atoms with van der Waals surface area (Å²) in [6, 6.07) is 2.62. The van der Waals surface area contributed by atoms with Gasteiger partial charge in [-0.3, -0.25) is 0 Å². The van der Waals surface area contributed by atoms with E-state index in [4.69, 9.17) is 4.98 Å². The molecule has 21 heavy (non-hydrogen) atoms. The van der Waals surface area contributed by atoms with E-state index in [0.717, 1.165) is 22.5 Å². The van der Waals surface area contributed by atoms with E-state index in [1.807, 2.05) is 7.05 Å². The van der Waals surface area contributed by atoms with Gasteiger partial charge in [0.25, 0.3) is 0 Å². The van der Waals surface area contributed by atoms with Gasteiger partial charge >= 0.3 is 0 Å². The molecule has 1 atom stereocenters. The van der Waals surface area contributed by atoms with Gasteiger partial charge in [-0.05, 0) is 24.8 Å². The molecule has 0 aliphatic rings. The van der Waals surface area contributed by atoms with Gasteiger partial charge in [0.2, 0.25) is 5.95 Å². The molecule has 5 heteroatoms. The second-order valence-corrected chi connectivity index (χ2v) is 7.67. The molecule has 4 nitrogen and oxygen atoms in total. The number of aryl methyl sites for hydroxylation is 1. The van der Waals surface area contributed by atoms with E-state index < -0.39 is 0 Å². The van der Waals surface area contributed by atoms with Crippen molar-refractivity contribution in [3.05, 3.63) is 10.9 Å². The van der Waals surface area contributed by atoms with Crippen molar-refractivity contribution in [3.63, 3.8) is 0 Å². The van der Waals surface area contributed by atoms with Crippen molar-refractivity contribution in [1.82, 2.24) is 9.97 Å². The first-order valence-corrected chi connectivity index (χ1v) is 8.30. The van der Waals surface area contributed by atoms with Crippen LogP contribution in [0.4, 0.5) is 11.8 Å². The van der Waals surface area contributed by atoms with Crippen LogP contribution in [0.5, 0.6) is 0 Å². The monoisotopic (exact) mass is 306 g/mol. The summed E-state index contributed by atoms with van der Waals surface area (Å²) in [4.78, 5) is 14.0. The Balaban J connectivity index is 2.57. The van der Waals surface area contributed by atoms with E-state index in [9.17, 15) is 0 Å². The molecule has 0 saturated heterocycles. The first-order valence-electron chi connectivity index (χ1n) is 7.49. The van der Waals surface area contributed by atoms with Gasteiger partial charge < -0.3 is 10.2 Å². The van der Waals surface area contributed by atoms with Gasteiger partial charge in [0.05, 0.1) is 5.39 Å². The lowest BCUT2D eigenvalue weighted by atomic mass is 9.87. The lowest BCUT2D eigenvalue weighted by Crippen LogP contribution is -2.40. The molecule has 2 aromatic rings. The molecule has 0 aliphatic heterocycles. The molecule has 2 aromatic heterocycles. The van der Waals surface area contributed by atoms with Crippen LogP contribution in [0, 0.1) is 5.41 Å². The van der Waals surface area contributed by atoms with Gasteiger partial charge in [-0.1, -0.05) is 27.7 Å². The van der Waals surface area contributed by atoms with Crippen molar-refractivity contribution in [3.8, 4) is 0 Å². The zero-order valence-electron chi connectivity index (χ0n) is 14.1. The molecule has 0 aromatic carbocycles. The zero-order valence-corrected chi connectivity index (χ0v) is 14.9. The lowest BCUT2D eigenvalue weighted by Gasteiger charge is -2.36. The second kappa shape index (κ2) is 5.79. The van der Waals surface area contributed by atoms with Gasteiger partial charge in [0.15, 0.2) is 0 Å². The highest BCUT2D eigenvalue weighted by molar-refractivity contribution is 7.18. The molecule has 0 saturated carbocycles. The quantitative estimate of drug-likeness (QED) is 0.920. The van der Waals surface area contributed by atoms with Crippen molar-refractivity contribution < 1.29 is 0 Å². The number of nitrogens with one attached hydrogen (secondary N) is 1. The van der Waals surface area contributed by atoms with E-state index >= 15 is 0 Å². The van der Waals surface area contributed by atoms with Crippen LogP contribution in [-0.4, -0.2) is 30.1 Å². The first-order chi connectivity index (χ1) is 9.77. The minimum Gasteiger partial charge on any atom is -0.357 e. The summed E-state index contributed by atoms with van der Waals surface area (Å²) in [5.41, 5.74) is 0.190. The summed E-state index contributed by atoms with van der Waals surface area (Å²) in [5.74, 6) is 1.71. The summed E-state index contributed by atoms with van der Waals surface area (Å²) in [6.45, 7) is 11.2. The average Bonchev–Trinajstić information content (AvgIpc) is 2.86. The average molecular weight is 306 g/mol. The van der Waals surface area contributed by atoms with Crippen LogP contribution in [0.25, 0.3) is 10.2 Å². The van der Waals surface area contributed by atoms with Crippen LogP contribution in [0.2, 0.25) is 0 Å². The fraction of sp³-hybridized carbons (Fsp3) is 0.625. The number of nitrogens with zero attached hydrogens (tertiary/aromatic N) is 3. The molecule has 0 fully saturated rings. The fourth-order valence-electron chi connectivity index (χ4n) is 2.28. The third-order valence-electron chi connectivity index (χ3n) is 4.16. The van der Waals surface area contributed by atoms with E-state index in [1.54, 1.807) is 11.3 Å². The van der Waals surface area contributed by atoms with Crippen molar-refractivity contribution in [2.75, 3.05) is 24.3 Å². The molecule has 2 rings (SSSR count).